The molecule has 0 radical (unpaired) electrons. The highest BCUT2D eigenvalue weighted by Gasteiger charge is 2.03. The molecule has 0 aliphatic rings. The lowest BCUT2D eigenvalue weighted by Crippen LogP contribution is -1.91. The molecule has 0 aliphatic carbocycles. The first kappa shape index (κ1) is 14.5. The van der Waals surface area contributed by atoms with Gasteiger partial charge in [-0.2, -0.15) is 0 Å². The van der Waals surface area contributed by atoms with E-state index in [1.165, 1.54) is 23.1 Å². The molecular weight excluding hydrogens is 216 g/mol. The van der Waals surface area contributed by atoms with Gasteiger partial charge in [-0.15, -0.1) is 6.58 Å². The molecule has 0 bridgehead atoms. The van der Waals surface area contributed by atoms with Crippen LogP contribution in [-0.4, -0.2) is 0 Å². The van der Waals surface area contributed by atoms with Gasteiger partial charge in [0.15, 0.2) is 0 Å². The van der Waals surface area contributed by atoms with E-state index >= 15 is 0 Å². The standard InChI is InChI=1S/C18H24/c1-6-15(4)16(5)18-12-8-11-17(13-18)10-7-9-14(2)3/h8,11-13H,2,4-7,9-10H2,1,3H3. The summed E-state index contributed by atoms with van der Waals surface area (Å²) in [5.41, 5.74) is 6.02. The van der Waals surface area contributed by atoms with Gasteiger partial charge in [0.05, 0.1) is 0 Å². The maximum absolute atomic E-state index is 4.13. The average molecular weight is 240 g/mol. The highest BCUT2D eigenvalue weighted by Crippen LogP contribution is 2.23. The minimum absolute atomic E-state index is 0.957. The predicted octanol–water partition coefficient (Wildman–Crippen LogP) is 5.56. The van der Waals surface area contributed by atoms with Crippen LogP contribution in [-0.2, 0) is 6.42 Å². The smallest absolute Gasteiger partial charge is 0.0185 e. The Hall–Kier alpha value is -1.56. The maximum Gasteiger partial charge on any atom is -0.0185 e. The zero-order chi connectivity index (χ0) is 13.5. The predicted molar refractivity (Wildman–Crippen MR) is 82.7 cm³/mol. The van der Waals surface area contributed by atoms with Gasteiger partial charge in [-0.1, -0.05) is 49.9 Å². The third kappa shape index (κ3) is 4.37. The number of hydrogen-bond acceptors (Lipinski definition) is 0. The summed E-state index contributed by atoms with van der Waals surface area (Å²) >= 11 is 0. The van der Waals surface area contributed by atoms with E-state index in [9.17, 15) is 0 Å². The zero-order valence-electron chi connectivity index (χ0n) is 11.8. The van der Waals surface area contributed by atoms with Crippen molar-refractivity contribution >= 4 is 5.57 Å². The van der Waals surface area contributed by atoms with E-state index in [4.69, 9.17) is 0 Å². The first-order valence-electron chi connectivity index (χ1n) is 6.65. The molecule has 0 nitrogen and oxygen atoms in total. The fourth-order valence-electron chi connectivity index (χ4n) is 1.93. The number of aryl methyl sites for hydroxylation is 1. The molecule has 1 aromatic rings. The van der Waals surface area contributed by atoms with Gasteiger partial charge in [0.25, 0.3) is 0 Å². The van der Waals surface area contributed by atoms with E-state index in [1.54, 1.807) is 0 Å². The Labute approximate surface area is 112 Å². The second-order valence-corrected chi connectivity index (χ2v) is 4.95. The highest BCUT2D eigenvalue weighted by molar-refractivity contribution is 5.76. The maximum atomic E-state index is 4.13. The third-order valence-electron chi connectivity index (χ3n) is 3.20. The molecule has 0 spiro atoms. The summed E-state index contributed by atoms with van der Waals surface area (Å²) in [4.78, 5) is 0. The van der Waals surface area contributed by atoms with Gasteiger partial charge >= 0.3 is 0 Å². The van der Waals surface area contributed by atoms with Crippen molar-refractivity contribution < 1.29 is 0 Å². The van der Waals surface area contributed by atoms with Crippen molar-refractivity contribution in [3.05, 3.63) is 66.3 Å². The Morgan fingerprint density at radius 3 is 2.50 bits per heavy atom. The second kappa shape index (κ2) is 7.00. The number of benzene rings is 1. The average Bonchev–Trinajstić information content (AvgIpc) is 2.37. The van der Waals surface area contributed by atoms with E-state index in [0.29, 0.717) is 0 Å². The Bertz CT molecular complexity index is 449. The Morgan fingerprint density at radius 1 is 1.17 bits per heavy atom. The van der Waals surface area contributed by atoms with E-state index in [-0.39, 0.29) is 0 Å². The molecule has 0 amide bonds. The van der Waals surface area contributed by atoms with Gasteiger partial charge in [0.1, 0.15) is 0 Å². The Morgan fingerprint density at radius 2 is 1.89 bits per heavy atom. The van der Waals surface area contributed by atoms with E-state index in [1.807, 2.05) is 0 Å². The highest BCUT2D eigenvalue weighted by atomic mass is 14.1. The number of rotatable bonds is 7. The minimum atomic E-state index is 0.957. The quantitative estimate of drug-likeness (QED) is 0.432. The van der Waals surface area contributed by atoms with Crippen LogP contribution in [0.1, 0.15) is 44.2 Å². The van der Waals surface area contributed by atoms with Crippen LogP contribution in [0.3, 0.4) is 0 Å². The van der Waals surface area contributed by atoms with Crippen LogP contribution < -0.4 is 0 Å². The third-order valence-corrected chi connectivity index (χ3v) is 3.20. The van der Waals surface area contributed by atoms with Crippen LogP contribution in [0.25, 0.3) is 5.57 Å². The molecule has 0 atom stereocenters. The number of hydrogen-bond donors (Lipinski definition) is 0. The molecule has 1 aromatic carbocycles. The lowest BCUT2D eigenvalue weighted by atomic mass is 9.96. The van der Waals surface area contributed by atoms with Gasteiger partial charge in [-0.05, 0) is 54.9 Å². The molecule has 1 rings (SSSR count). The molecule has 0 heterocycles. The van der Waals surface area contributed by atoms with Crippen molar-refractivity contribution in [2.24, 2.45) is 0 Å². The van der Waals surface area contributed by atoms with Crippen molar-refractivity contribution in [3.8, 4) is 0 Å². The van der Waals surface area contributed by atoms with Gasteiger partial charge in [-0.25, -0.2) is 0 Å². The van der Waals surface area contributed by atoms with Crippen molar-refractivity contribution in [3.63, 3.8) is 0 Å². The first-order chi connectivity index (χ1) is 8.54. The van der Waals surface area contributed by atoms with Gasteiger partial charge in [-0.3, -0.25) is 0 Å². The van der Waals surface area contributed by atoms with E-state index in [2.05, 4.69) is 57.8 Å². The molecular formula is C18H24. The molecule has 96 valence electrons. The van der Waals surface area contributed by atoms with Gasteiger partial charge in [0.2, 0.25) is 0 Å². The second-order valence-electron chi connectivity index (χ2n) is 4.95. The van der Waals surface area contributed by atoms with Crippen LogP contribution in [0.5, 0.6) is 0 Å². The molecule has 0 saturated heterocycles. The van der Waals surface area contributed by atoms with Crippen LogP contribution in [0.2, 0.25) is 0 Å². The summed E-state index contributed by atoms with van der Waals surface area (Å²) in [6.07, 6.45) is 4.33. The van der Waals surface area contributed by atoms with Crippen LogP contribution in [0, 0.1) is 0 Å². The molecule has 18 heavy (non-hydrogen) atoms. The molecule has 0 unspecified atom stereocenters. The van der Waals surface area contributed by atoms with Crippen molar-refractivity contribution in [2.75, 3.05) is 0 Å². The van der Waals surface area contributed by atoms with Crippen molar-refractivity contribution in [2.45, 2.75) is 39.5 Å². The molecule has 0 aliphatic heterocycles. The molecule has 0 saturated carbocycles. The van der Waals surface area contributed by atoms with E-state index in [0.717, 1.165) is 30.4 Å². The lowest BCUT2D eigenvalue weighted by molar-refractivity contribution is 0.814. The first-order valence-corrected chi connectivity index (χ1v) is 6.65. The monoisotopic (exact) mass is 240 g/mol. The number of allylic oxidation sites excluding steroid dienone is 3. The zero-order valence-corrected chi connectivity index (χ0v) is 11.8. The van der Waals surface area contributed by atoms with Crippen molar-refractivity contribution in [1.82, 2.24) is 0 Å². The fraction of sp³-hybridized carbons (Fsp3) is 0.333. The van der Waals surface area contributed by atoms with Gasteiger partial charge < -0.3 is 0 Å². The van der Waals surface area contributed by atoms with Crippen molar-refractivity contribution in [1.29, 1.82) is 0 Å². The summed E-state index contributed by atoms with van der Waals surface area (Å²) in [5, 5.41) is 0. The SMILES string of the molecule is C=C(C)CCCc1cccc(C(=C)C(=C)CC)c1. The summed E-state index contributed by atoms with van der Waals surface area (Å²) in [6, 6.07) is 8.65. The van der Waals surface area contributed by atoms with Gasteiger partial charge in [0, 0.05) is 0 Å². The molecule has 0 aromatic heterocycles. The summed E-state index contributed by atoms with van der Waals surface area (Å²) in [5.74, 6) is 0. The largest absolute Gasteiger partial charge is 0.100 e. The Kier molecular flexibility index (Phi) is 5.64. The molecule has 0 heteroatoms. The molecule has 0 fully saturated rings. The lowest BCUT2D eigenvalue weighted by Gasteiger charge is -2.09. The van der Waals surface area contributed by atoms with Crippen LogP contribution in [0.15, 0.2) is 55.1 Å². The minimum Gasteiger partial charge on any atom is -0.100 e. The summed E-state index contributed by atoms with van der Waals surface area (Å²) in [6.45, 7) is 16.3. The van der Waals surface area contributed by atoms with E-state index < -0.39 is 0 Å². The molecule has 0 N–H and O–H groups in total. The van der Waals surface area contributed by atoms with Crippen LogP contribution >= 0.6 is 0 Å². The van der Waals surface area contributed by atoms with Crippen LogP contribution in [0.4, 0.5) is 0 Å². The normalized spacial score (nSPS) is 10.1. The summed E-state index contributed by atoms with van der Waals surface area (Å²) < 4.78 is 0. The fourth-order valence-corrected chi connectivity index (χ4v) is 1.93. The summed E-state index contributed by atoms with van der Waals surface area (Å²) in [7, 11) is 0. The topological polar surface area (TPSA) is 0 Å². The Balaban J connectivity index is 2.70.